The van der Waals surface area contributed by atoms with E-state index < -0.39 is 70.3 Å². The summed E-state index contributed by atoms with van der Waals surface area (Å²) in [5, 5.41) is 37.8. The van der Waals surface area contributed by atoms with Crippen molar-refractivity contribution in [3.05, 3.63) is 34.9 Å². The summed E-state index contributed by atoms with van der Waals surface area (Å²) >= 11 is 0. The van der Waals surface area contributed by atoms with Crippen molar-refractivity contribution in [3.8, 4) is 0 Å². The van der Waals surface area contributed by atoms with Crippen LogP contribution >= 0.6 is 0 Å². The zero-order valence-corrected chi connectivity index (χ0v) is 25.2. The molecule has 5 aliphatic rings. The third kappa shape index (κ3) is 3.94. The van der Waals surface area contributed by atoms with Crippen LogP contribution < -0.4 is 0 Å². The number of ketones is 1. The third-order valence-corrected chi connectivity index (χ3v) is 11.6. The van der Waals surface area contributed by atoms with Crippen molar-refractivity contribution < 1.29 is 48.7 Å². The van der Waals surface area contributed by atoms with Gasteiger partial charge in [0.1, 0.15) is 30.0 Å². The van der Waals surface area contributed by atoms with E-state index in [1.165, 1.54) is 26.8 Å². The van der Waals surface area contributed by atoms with Gasteiger partial charge >= 0.3 is 17.9 Å². The molecular formula is C32H42O10. The predicted molar refractivity (Wildman–Crippen MR) is 148 cm³/mol. The summed E-state index contributed by atoms with van der Waals surface area (Å²) in [5.74, 6) is -2.93. The van der Waals surface area contributed by atoms with Crippen LogP contribution in [0.25, 0.3) is 0 Å². The maximum atomic E-state index is 13.5. The van der Waals surface area contributed by atoms with Gasteiger partial charge in [-0.05, 0) is 83.3 Å². The summed E-state index contributed by atoms with van der Waals surface area (Å²) in [6, 6.07) is 0. The van der Waals surface area contributed by atoms with Crippen molar-refractivity contribution in [2.75, 3.05) is 6.61 Å². The zero-order valence-electron chi connectivity index (χ0n) is 25.2. The van der Waals surface area contributed by atoms with E-state index in [0.717, 1.165) is 5.57 Å². The first-order valence-electron chi connectivity index (χ1n) is 14.7. The highest BCUT2D eigenvalue weighted by atomic mass is 16.6. The molecule has 1 unspecified atom stereocenters. The van der Waals surface area contributed by atoms with Gasteiger partial charge in [-0.25, -0.2) is 4.79 Å². The summed E-state index contributed by atoms with van der Waals surface area (Å²) < 4.78 is 16.9. The normalized spacial score (nSPS) is 42.5. The van der Waals surface area contributed by atoms with E-state index in [4.69, 9.17) is 14.2 Å². The molecule has 3 fully saturated rings. The van der Waals surface area contributed by atoms with E-state index in [1.54, 1.807) is 26.0 Å². The SMILES string of the molecule is CC(=O)OC[C@]12CC[C@H]3[C@@H](C[C@@H](OC(C)=O)C4=CC=CC(=O)[C@@]43C)[C@]1(O)CC[C@@]2(O)[C@@](C)(O)C1CC(C)=C(C)C(=O)O1. The lowest BCUT2D eigenvalue weighted by Gasteiger charge is -2.64. The molecule has 10 heteroatoms. The highest BCUT2D eigenvalue weighted by Gasteiger charge is 2.79. The number of carbonyl (C=O) groups excluding carboxylic acids is 4. The van der Waals surface area contributed by atoms with Gasteiger partial charge in [-0.15, -0.1) is 0 Å². The highest BCUT2D eigenvalue weighted by molar-refractivity contribution is 5.99. The number of carbonyl (C=O) groups is 4. The Morgan fingerprint density at radius 3 is 2.40 bits per heavy atom. The number of hydrogen-bond acceptors (Lipinski definition) is 10. The molecule has 0 saturated heterocycles. The van der Waals surface area contributed by atoms with Gasteiger partial charge in [0.2, 0.25) is 0 Å². The van der Waals surface area contributed by atoms with Crippen LogP contribution in [0.15, 0.2) is 34.9 Å². The second kappa shape index (κ2) is 9.86. The Balaban J connectivity index is 1.64. The van der Waals surface area contributed by atoms with Crippen molar-refractivity contribution >= 4 is 23.7 Å². The fourth-order valence-electron chi connectivity index (χ4n) is 9.12. The molecule has 42 heavy (non-hydrogen) atoms. The minimum absolute atomic E-state index is 0.0164. The Kier molecular flexibility index (Phi) is 7.19. The minimum Gasteiger partial charge on any atom is -0.465 e. The molecule has 5 rings (SSSR count). The maximum Gasteiger partial charge on any atom is 0.334 e. The number of hydrogen-bond donors (Lipinski definition) is 3. The van der Waals surface area contributed by atoms with E-state index in [0.29, 0.717) is 17.6 Å². The smallest absolute Gasteiger partial charge is 0.334 e. The van der Waals surface area contributed by atoms with Gasteiger partial charge in [0.05, 0.1) is 16.4 Å². The lowest BCUT2D eigenvalue weighted by molar-refractivity contribution is -0.297. The topological polar surface area (TPSA) is 157 Å². The first kappa shape index (κ1) is 30.6. The van der Waals surface area contributed by atoms with Gasteiger partial charge in [0.15, 0.2) is 5.78 Å². The molecule has 0 aromatic rings. The van der Waals surface area contributed by atoms with Gasteiger partial charge in [0.25, 0.3) is 0 Å². The number of ether oxygens (including phenoxy) is 3. The molecule has 1 aliphatic heterocycles. The van der Waals surface area contributed by atoms with E-state index in [1.807, 2.05) is 6.92 Å². The number of aliphatic hydroxyl groups is 3. The van der Waals surface area contributed by atoms with Gasteiger partial charge < -0.3 is 29.5 Å². The summed E-state index contributed by atoms with van der Waals surface area (Å²) in [6.07, 6.45) is 3.82. The zero-order chi connectivity index (χ0) is 31.0. The van der Waals surface area contributed by atoms with Gasteiger partial charge in [0, 0.05) is 25.8 Å². The Morgan fingerprint density at radius 2 is 1.79 bits per heavy atom. The fraction of sp³-hybridized carbons (Fsp3) is 0.688. The van der Waals surface area contributed by atoms with E-state index in [9.17, 15) is 34.5 Å². The molecule has 3 N–H and O–H groups in total. The largest absolute Gasteiger partial charge is 0.465 e. The second-order valence-electron chi connectivity index (χ2n) is 13.4. The van der Waals surface area contributed by atoms with Gasteiger partial charge in [-0.2, -0.15) is 0 Å². The van der Waals surface area contributed by atoms with Crippen LogP contribution in [0.1, 0.15) is 80.1 Å². The monoisotopic (exact) mass is 586 g/mol. The average Bonchev–Trinajstić information content (AvgIpc) is 3.15. The van der Waals surface area contributed by atoms with Gasteiger partial charge in [-0.1, -0.05) is 17.7 Å². The minimum atomic E-state index is -2.06. The van der Waals surface area contributed by atoms with E-state index in [2.05, 4.69) is 0 Å². The molecule has 4 aliphatic carbocycles. The van der Waals surface area contributed by atoms with E-state index in [-0.39, 0.29) is 43.8 Å². The molecule has 0 aromatic carbocycles. The molecule has 0 radical (unpaired) electrons. The molecule has 0 bridgehead atoms. The van der Waals surface area contributed by atoms with E-state index >= 15 is 0 Å². The van der Waals surface area contributed by atoms with Crippen LogP contribution in [0.4, 0.5) is 0 Å². The molecule has 9 atom stereocenters. The third-order valence-electron chi connectivity index (χ3n) is 11.6. The van der Waals surface area contributed by atoms with Crippen molar-refractivity contribution in [1.82, 2.24) is 0 Å². The van der Waals surface area contributed by atoms with Crippen molar-refractivity contribution in [2.45, 2.75) is 109 Å². The van der Waals surface area contributed by atoms with Crippen molar-refractivity contribution in [1.29, 1.82) is 0 Å². The summed E-state index contributed by atoms with van der Waals surface area (Å²) in [4.78, 5) is 50.5. The predicted octanol–water partition coefficient (Wildman–Crippen LogP) is 2.63. The second-order valence-corrected chi connectivity index (χ2v) is 13.4. The Bertz CT molecular complexity index is 1320. The maximum absolute atomic E-state index is 13.5. The molecular weight excluding hydrogens is 544 g/mol. The van der Waals surface area contributed by atoms with Crippen molar-refractivity contribution in [2.24, 2.45) is 22.7 Å². The van der Waals surface area contributed by atoms with Crippen LogP contribution in [-0.4, -0.2) is 74.6 Å². The lowest BCUT2D eigenvalue weighted by Crippen LogP contribution is -2.75. The fourth-order valence-corrected chi connectivity index (χ4v) is 9.12. The summed E-state index contributed by atoms with van der Waals surface area (Å²) in [7, 11) is 0. The molecule has 0 amide bonds. The molecule has 3 saturated carbocycles. The first-order chi connectivity index (χ1) is 19.5. The number of esters is 3. The number of rotatable bonds is 5. The van der Waals surface area contributed by atoms with Crippen LogP contribution in [0.3, 0.4) is 0 Å². The Labute approximate surface area is 245 Å². The number of fused-ring (bicyclic) bond motifs is 5. The first-order valence-corrected chi connectivity index (χ1v) is 14.7. The molecule has 0 spiro atoms. The standard InChI is InChI=1S/C32H42O10/c1-17-14-26(42-27(36)18(17)2)29(6,37)32(39)13-12-31(38)23-15-24(41-20(4)34)22-8-7-9-25(35)28(22,5)21(23)10-11-30(31,32)16-40-19(3)33/h7-9,21,23-24,26,37-39H,10-16H2,1-6H3/t21-,23+,24+,26?,28+,29-,30+,31+,32+/m0/s1. The lowest BCUT2D eigenvalue weighted by atomic mass is 9.43. The highest BCUT2D eigenvalue weighted by Crippen LogP contribution is 2.71. The molecule has 230 valence electrons. The Hall–Kier alpha value is -2.82. The molecule has 0 aromatic heterocycles. The Morgan fingerprint density at radius 1 is 1.10 bits per heavy atom. The van der Waals surface area contributed by atoms with Gasteiger partial charge in [-0.3, -0.25) is 14.4 Å². The van der Waals surface area contributed by atoms with Crippen LogP contribution in [0.2, 0.25) is 0 Å². The summed E-state index contributed by atoms with van der Waals surface area (Å²) in [6.45, 7) is 8.77. The molecule has 10 nitrogen and oxygen atoms in total. The van der Waals surface area contributed by atoms with Crippen LogP contribution in [0, 0.1) is 22.7 Å². The molecule has 1 heterocycles. The summed E-state index contributed by atoms with van der Waals surface area (Å²) in [5.41, 5.74) is -6.66. The quantitative estimate of drug-likeness (QED) is 0.323. The average molecular weight is 587 g/mol. The van der Waals surface area contributed by atoms with Crippen molar-refractivity contribution in [3.63, 3.8) is 0 Å². The van der Waals surface area contributed by atoms with Crippen LogP contribution in [-0.2, 0) is 33.4 Å². The number of cyclic esters (lactones) is 1. The number of allylic oxidation sites excluding steroid dienone is 3. The van der Waals surface area contributed by atoms with Crippen LogP contribution in [0.5, 0.6) is 0 Å².